The topological polar surface area (TPSA) is 25.2 Å². The molecule has 8 aromatic rings. The third kappa shape index (κ3) is 3.31. The number of para-hydroxylation sites is 2. The number of hydrogen-bond acceptors (Lipinski definition) is 2. The number of rotatable bonds is 3. The Kier molecular flexibility index (Phi) is 5.00. The van der Waals surface area contributed by atoms with Gasteiger partial charge in [0.15, 0.2) is 5.66 Å². The summed E-state index contributed by atoms with van der Waals surface area (Å²) in [5, 5.41) is 5.01. The Morgan fingerprint density at radius 1 is 0.562 bits per heavy atom. The second-order valence-electron chi connectivity index (χ2n) is 13.2. The van der Waals surface area contributed by atoms with Gasteiger partial charge in [-0.2, -0.15) is 0 Å². The summed E-state index contributed by atoms with van der Waals surface area (Å²) in [4.78, 5) is 7.90. The van der Waals surface area contributed by atoms with Crippen molar-refractivity contribution in [2.75, 3.05) is 4.90 Å². The normalized spacial score (nSPS) is 19.1. The molecule has 2 atom stereocenters. The van der Waals surface area contributed by atoms with Gasteiger partial charge in [-0.25, -0.2) is 4.99 Å². The number of aliphatic imine (C=N–C) groups is 1. The van der Waals surface area contributed by atoms with Gasteiger partial charge in [0.2, 0.25) is 0 Å². The number of allylic oxidation sites excluding steroid dienone is 2. The van der Waals surface area contributed by atoms with Crippen molar-refractivity contribution in [2.45, 2.75) is 18.6 Å². The molecule has 48 heavy (non-hydrogen) atoms. The van der Waals surface area contributed by atoms with E-state index in [4.69, 9.17) is 4.99 Å². The minimum Gasteiger partial charge on any atom is -0.329 e. The molecule has 0 amide bonds. The molecule has 2 unspecified atom stereocenters. The average molecular weight is 615 g/mol. The molecule has 2 aliphatic heterocycles. The van der Waals surface area contributed by atoms with Crippen LogP contribution in [0.4, 0.5) is 5.69 Å². The molecule has 226 valence electrons. The number of hydrogen-bond donors (Lipinski definition) is 0. The predicted octanol–water partition coefficient (Wildman–Crippen LogP) is 10.5. The zero-order valence-electron chi connectivity index (χ0n) is 26.4. The highest BCUT2D eigenvalue weighted by Gasteiger charge is 2.62. The van der Waals surface area contributed by atoms with E-state index in [1.807, 2.05) is 0 Å². The molecule has 1 saturated heterocycles. The summed E-state index contributed by atoms with van der Waals surface area (Å²) >= 11 is 0. The second-order valence-corrected chi connectivity index (χ2v) is 13.2. The van der Waals surface area contributed by atoms with Crippen molar-refractivity contribution in [1.82, 2.24) is 9.13 Å². The molecular weight excluding hydrogens is 585 g/mol. The zero-order valence-corrected chi connectivity index (χ0v) is 26.4. The van der Waals surface area contributed by atoms with Gasteiger partial charge >= 0.3 is 0 Å². The van der Waals surface area contributed by atoms with Crippen LogP contribution in [0.2, 0.25) is 0 Å². The van der Waals surface area contributed by atoms with Gasteiger partial charge < -0.3 is 9.47 Å². The molecule has 1 aliphatic carbocycles. The fourth-order valence-corrected chi connectivity index (χ4v) is 8.62. The Morgan fingerprint density at radius 3 is 2.04 bits per heavy atom. The average Bonchev–Trinajstić information content (AvgIpc) is 3.51. The highest BCUT2D eigenvalue weighted by atomic mass is 15.5. The summed E-state index contributed by atoms with van der Waals surface area (Å²) < 4.78 is 4.91. The quantitative estimate of drug-likeness (QED) is 0.182. The van der Waals surface area contributed by atoms with E-state index in [2.05, 4.69) is 179 Å². The largest absolute Gasteiger partial charge is 0.329 e. The Balaban J connectivity index is 1.28. The molecule has 0 radical (unpaired) electrons. The SMILES string of the molecule is CC1=NC23C=CC=CC2N3c2cccc3c4c(ccc5c6ccccc6n(-c6cc(-c7ccccc7)cc(-c7ccccc7)c6)c54)n1c23. The van der Waals surface area contributed by atoms with Gasteiger partial charge in [0.05, 0.1) is 33.8 Å². The number of anilines is 1. The van der Waals surface area contributed by atoms with Crippen LogP contribution in [-0.2, 0) is 0 Å². The van der Waals surface area contributed by atoms with E-state index in [0.717, 1.165) is 11.5 Å². The summed E-state index contributed by atoms with van der Waals surface area (Å²) in [6.07, 6.45) is 8.84. The Labute approximate surface area is 277 Å². The molecule has 11 rings (SSSR count). The minimum atomic E-state index is -0.330. The molecule has 4 nitrogen and oxygen atoms in total. The smallest absolute Gasteiger partial charge is 0.178 e. The van der Waals surface area contributed by atoms with Crippen LogP contribution in [-0.4, -0.2) is 26.7 Å². The van der Waals surface area contributed by atoms with E-state index in [9.17, 15) is 0 Å². The van der Waals surface area contributed by atoms with E-state index in [-0.39, 0.29) is 11.7 Å². The molecule has 0 N–H and O–H groups in total. The van der Waals surface area contributed by atoms with Crippen molar-refractivity contribution < 1.29 is 0 Å². The Bertz CT molecular complexity index is 2680. The van der Waals surface area contributed by atoms with Crippen molar-refractivity contribution in [1.29, 1.82) is 0 Å². The van der Waals surface area contributed by atoms with Gasteiger partial charge in [-0.3, -0.25) is 4.57 Å². The van der Waals surface area contributed by atoms with Crippen molar-refractivity contribution in [3.8, 4) is 27.9 Å². The molecule has 1 spiro atoms. The van der Waals surface area contributed by atoms with Crippen LogP contribution in [0.3, 0.4) is 0 Å². The van der Waals surface area contributed by atoms with Gasteiger partial charge in [0, 0.05) is 27.2 Å². The van der Waals surface area contributed by atoms with Crippen LogP contribution >= 0.6 is 0 Å². The highest BCUT2D eigenvalue weighted by molar-refractivity contribution is 6.29. The molecule has 3 aliphatic rings. The minimum absolute atomic E-state index is 0.249. The predicted molar refractivity (Wildman–Crippen MR) is 200 cm³/mol. The third-order valence-corrected chi connectivity index (χ3v) is 10.7. The lowest BCUT2D eigenvalue weighted by atomic mass is 9.98. The zero-order chi connectivity index (χ0) is 31.6. The summed E-state index contributed by atoms with van der Waals surface area (Å²) in [7, 11) is 0. The van der Waals surface area contributed by atoms with Crippen LogP contribution in [0.15, 0.2) is 163 Å². The molecule has 0 bridgehead atoms. The first-order chi connectivity index (χ1) is 23.7. The van der Waals surface area contributed by atoms with Gasteiger partial charge in [-0.05, 0) is 71.7 Å². The fourth-order valence-electron chi connectivity index (χ4n) is 8.62. The molecule has 4 heteroatoms. The molecular formula is C44H30N4. The van der Waals surface area contributed by atoms with Crippen molar-refractivity contribution in [2.24, 2.45) is 4.99 Å². The van der Waals surface area contributed by atoms with Crippen LogP contribution in [0, 0.1) is 0 Å². The number of fused-ring (bicyclic) bond motifs is 9. The summed E-state index contributed by atoms with van der Waals surface area (Å²) in [6, 6.07) is 49.0. The Hall–Kier alpha value is -6.13. The van der Waals surface area contributed by atoms with Gasteiger partial charge in [0.25, 0.3) is 0 Å². The number of benzene rings is 6. The molecule has 6 aromatic carbocycles. The van der Waals surface area contributed by atoms with Crippen LogP contribution < -0.4 is 4.90 Å². The summed E-state index contributed by atoms with van der Waals surface area (Å²) in [5.74, 6) is 1.02. The summed E-state index contributed by atoms with van der Waals surface area (Å²) in [5.41, 5.74) is 11.7. The lowest BCUT2D eigenvalue weighted by Gasteiger charge is -2.15. The van der Waals surface area contributed by atoms with Crippen molar-refractivity contribution >= 4 is 55.1 Å². The number of nitrogens with zero attached hydrogens (tertiary/aromatic N) is 4. The summed E-state index contributed by atoms with van der Waals surface area (Å²) in [6.45, 7) is 2.17. The van der Waals surface area contributed by atoms with Gasteiger partial charge in [-0.15, -0.1) is 0 Å². The maximum atomic E-state index is 5.42. The second kappa shape index (κ2) is 9.24. The third-order valence-electron chi connectivity index (χ3n) is 10.7. The lowest BCUT2D eigenvalue weighted by Crippen LogP contribution is -2.16. The monoisotopic (exact) mass is 614 g/mol. The fraction of sp³-hybridized carbons (Fsp3) is 0.0682. The maximum Gasteiger partial charge on any atom is 0.178 e. The van der Waals surface area contributed by atoms with Gasteiger partial charge in [-0.1, -0.05) is 115 Å². The lowest BCUT2D eigenvalue weighted by molar-refractivity contribution is 0.829. The van der Waals surface area contributed by atoms with E-state index >= 15 is 0 Å². The standard InChI is InChI=1S/C44H30N4/c1-28-45-44-24-11-10-21-40(44)48(44)39-20-12-18-36-41-38(46(28)42(36)39)23-22-35-34-17-8-9-19-37(34)47(43(35)41)33-26-31(29-13-4-2-5-14-29)25-32(27-33)30-15-6-3-7-16-30/h2-27,40H,1H3. The molecule has 4 heterocycles. The van der Waals surface area contributed by atoms with E-state index in [1.54, 1.807) is 0 Å². The first-order valence-corrected chi connectivity index (χ1v) is 16.7. The molecule has 1 fully saturated rings. The van der Waals surface area contributed by atoms with E-state index in [0.29, 0.717) is 0 Å². The van der Waals surface area contributed by atoms with Crippen LogP contribution in [0.1, 0.15) is 6.92 Å². The highest BCUT2D eigenvalue weighted by Crippen LogP contribution is 2.55. The Morgan fingerprint density at radius 2 is 1.27 bits per heavy atom. The van der Waals surface area contributed by atoms with Gasteiger partial charge in [0.1, 0.15) is 5.84 Å². The number of aromatic nitrogens is 2. The van der Waals surface area contributed by atoms with Crippen LogP contribution in [0.25, 0.3) is 71.6 Å². The first kappa shape index (κ1) is 26.0. The molecule has 2 aromatic heterocycles. The van der Waals surface area contributed by atoms with Crippen molar-refractivity contribution in [3.63, 3.8) is 0 Å². The van der Waals surface area contributed by atoms with E-state index in [1.165, 1.54) is 71.6 Å². The maximum absolute atomic E-state index is 5.42. The molecule has 0 saturated carbocycles. The van der Waals surface area contributed by atoms with E-state index < -0.39 is 0 Å². The first-order valence-electron chi connectivity index (χ1n) is 16.7. The van der Waals surface area contributed by atoms with Crippen LogP contribution in [0.5, 0.6) is 0 Å². The van der Waals surface area contributed by atoms with Crippen molar-refractivity contribution in [3.05, 3.63) is 158 Å².